The molecule has 1 N–H and O–H groups in total. The molecule has 0 aromatic carbocycles. The van der Waals surface area contributed by atoms with Crippen molar-refractivity contribution in [3.05, 3.63) is 12.2 Å². The van der Waals surface area contributed by atoms with E-state index >= 15 is 0 Å². The van der Waals surface area contributed by atoms with Crippen LogP contribution in [0.5, 0.6) is 0 Å². The minimum atomic E-state index is -1.03. The Kier molecular flexibility index (Phi) is 4.75. The fourth-order valence-corrected chi connectivity index (χ4v) is 2.51. The van der Waals surface area contributed by atoms with E-state index in [-0.39, 0.29) is 17.7 Å². The Morgan fingerprint density at radius 2 is 1.82 bits per heavy atom. The summed E-state index contributed by atoms with van der Waals surface area (Å²) < 4.78 is 0. The Hall–Kier alpha value is -0.830. The average Bonchev–Trinajstić information content (AvgIpc) is 2.80. The molecule has 1 rings (SSSR count). The van der Waals surface area contributed by atoms with Gasteiger partial charge in [0.25, 0.3) is 0 Å². The van der Waals surface area contributed by atoms with Crippen LogP contribution in [0.2, 0.25) is 0 Å². The van der Waals surface area contributed by atoms with Gasteiger partial charge in [0.1, 0.15) is 0 Å². The van der Waals surface area contributed by atoms with E-state index < -0.39 is 5.60 Å². The first-order valence-corrected chi connectivity index (χ1v) is 6.58. The van der Waals surface area contributed by atoms with Crippen LogP contribution in [0.25, 0.3) is 0 Å². The van der Waals surface area contributed by atoms with Gasteiger partial charge in [0.05, 0.1) is 11.5 Å². The molecule has 1 saturated heterocycles. The molecule has 0 aromatic heterocycles. The lowest BCUT2D eigenvalue weighted by molar-refractivity contribution is -0.142. The van der Waals surface area contributed by atoms with E-state index in [1.54, 1.807) is 6.08 Å². The van der Waals surface area contributed by atoms with Crippen molar-refractivity contribution < 1.29 is 9.90 Å². The standard InChI is InChI=1S/C14H25NO2/c1-5-8-14(17,11(2)3)12(4)13(16)15-9-6-7-10-15/h5,8,11-12,17H,6-7,9-10H2,1-4H3/b8-5+. The van der Waals surface area contributed by atoms with Crippen LogP contribution in [-0.2, 0) is 4.79 Å². The van der Waals surface area contributed by atoms with Crippen LogP contribution in [0.4, 0.5) is 0 Å². The van der Waals surface area contributed by atoms with Gasteiger partial charge >= 0.3 is 0 Å². The summed E-state index contributed by atoms with van der Waals surface area (Å²) in [5.41, 5.74) is -1.03. The molecular weight excluding hydrogens is 214 g/mol. The largest absolute Gasteiger partial charge is 0.385 e. The minimum Gasteiger partial charge on any atom is -0.385 e. The lowest BCUT2D eigenvalue weighted by atomic mass is 9.78. The first-order chi connectivity index (χ1) is 7.93. The molecule has 0 bridgehead atoms. The van der Waals surface area contributed by atoms with E-state index in [0.29, 0.717) is 0 Å². The van der Waals surface area contributed by atoms with Gasteiger partial charge < -0.3 is 10.0 Å². The lowest BCUT2D eigenvalue weighted by Gasteiger charge is -2.36. The summed E-state index contributed by atoms with van der Waals surface area (Å²) in [6.07, 6.45) is 5.76. The number of amides is 1. The number of rotatable bonds is 4. The van der Waals surface area contributed by atoms with Crippen molar-refractivity contribution in [1.82, 2.24) is 4.90 Å². The second kappa shape index (κ2) is 5.67. The molecule has 0 radical (unpaired) electrons. The first-order valence-electron chi connectivity index (χ1n) is 6.58. The molecule has 1 aliphatic heterocycles. The van der Waals surface area contributed by atoms with Crippen molar-refractivity contribution in [2.75, 3.05) is 13.1 Å². The summed E-state index contributed by atoms with van der Waals surface area (Å²) in [6.45, 7) is 9.29. The Morgan fingerprint density at radius 3 is 2.24 bits per heavy atom. The lowest BCUT2D eigenvalue weighted by Crippen LogP contribution is -2.48. The number of hydrogen-bond acceptors (Lipinski definition) is 2. The summed E-state index contributed by atoms with van der Waals surface area (Å²) in [5.74, 6) is -0.270. The molecule has 98 valence electrons. The fourth-order valence-electron chi connectivity index (χ4n) is 2.51. The topological polar surface area (TPSA) is 40.5 Å². The van der Waals surface area contributed by atoms with Crippen LogP contribution in [0.1, 0.15) is 40.5 Å². The molecule has 0 aromatic rings. The van der Waals surface area contributed by atoms with Crippen LogP contribution < -0.4 is 0 Å². The number of allylic oxidation sites excluding steroid dienone is 1. The third-order valence-electron chi connectivity index (χ3n) is 3.84. The second-order valence-corrected chi connectivity index (χ2v) is 5.30. The predicted octanol–water partition coefficient (Wildman–Crippen LogP) is 2.21. The van der Waals surface area contributed by atoms with Gasteiger partial charge in [-0.15, -0.1) is 0 Å². The number of carbonyl (C=O) groups is 1. The van der Waals surface area contributed by atoms with E-state index in [2.05, 4.69) is 0 Å². The first kappa shape index (κ1) is 14.2. The monoisotopic (exact) mass is 239 g/mol. The van der Waals surface area contributed by atoms with Crippen molar-refractivity contribution >= 4 is 5.91 Å². The van der Waals surface area contributed by atoms with E-state index in [1.165, 1.54) is 0 Å². The average molecular weight is 239 g/mol. The van der Waals surface area contributed by atoms with Crippen LogP contribution in [0.15, 0.2) is 12.2 Å². The SMILES string of the molecule is C/C=C/C(O)(C(C)C)C(C)C(=O)N1CCCC1. The molecule has 17 heavy (non-hydrogen) atoms. The fraction of sp³-hybridized carbons (Fsp3) is 0.786. The number of hydrogen-bond donors (Lipinski definition) is 1. The number of likely N-dealkylation sites (tertiary alicyclic amines) is 1. The van der Waals surface area contributed by atoms with Crippen molar-refractivity contribution in [1.29, 1.82) is 0 Å². The summed E-state index contributed by atoms with van der Waals surface area (Å²) in [6, 6.07) is 0. The third kappa shape index (κ3) is 2.89. The summed E-state index contributed by atoms with van der Waals surface area (Å²) in [7, 11) is 0. The molecule has 2 atom stereocenters. The highest BCUT2D eigenvalue weighted by Crippen LogP contribution is 2.30. The van der Waals surface area contributed by atoms with Gasteiger partial charge in [-0.2, -0.15) is 0 Å². The smallest absolute Gasteiger partial charge is 0.228 e. The molecular formula is C14H25NO2. The number of aliphatic hydroxyl groups is 1. The summed E-state index contributed by atoms with van der Waals surface area (Å²) in [5, 5.41) is 10.7. The molecule has 3 nitrogen and oxygen atoms in total. The van der Waals surface area contributed by atoms with Crippen molar-refractivity contribution in [2.24, 2.45) is 11.8 Å². The maximum atomic E-state index is 12.3. The third-order valence-corrected chi connectivity index (χ3v) is 3.84. The number of nitrogens with zero attached hydrogens (tertiary/aromatic N) is 1. The maximum absolute atomic E-state index is 12.3. The zero-order valence-corrected chi connectivity index (χ0v) is 11.4. The van der Waals surface area contributed by atoms with Crippen LogP contribution >= 0.6 is 0 Å². The Balaban J connectivity index is 2.83. The maximum Gasteiger partial charge on any atom is 0.228 e. The van der Waals surface area contributed by atoms with Gasteiger partial charge in [0.2, 0.25) is 5.91 Å². The highest BCUT2D eigenvalue weighted by atomic mass is 16.3. The van der Waals surface area contributed by atoms with Crippen molar-refractivity contribution in [2.45, 2.75) is 46.1 Å². The molecule has 1 heterocycles. The highest BCUT2D eigenvalue weighted by Gasteiger charge is 2.40. The Labute approximate surface area is 105 Å². The second-order valence-electron chi connectivity index (χ2n) is 5.30. The van der Waals surface area contributed by atoms with Crippen molar-refractivity contribution in [3.63, 3.8) is 0 Å². The summed E-state index contributed by atoms with van der Waals surface area (Å²) >= 11 is 0. The molecule has 1 amide bonds. The molecule has 0 aliphatic carbocycles. The molecule has 3 heteroatoms. The van der Waals surface area contributed by atoms with E-state index in [1.807, 2.05) is 38.7 Å². The minimum absolute atomic E-state index is 0.0280. The van der Waals surface area contributed by atoms with Crippen LogP contribution in [0.3, 0.4) is 0 Å². The predicted molar refractivity (Wildman–Crippen MR) is 69.6 cm³/mol. The van der Waals surface area contributed by atoms with Gasteiger partial charge in [0.15, 0.2) is 0 Å². The van der Waals surface area contributed by atoms with E-state index in [0.717, 1.165) is 25.9 Å². The molecule has 1 aliphatic rings. The highest BCUT2D eigenvalue weighted by molar-refractivity contribution is 5.80. The van der Waals surface area contributed by atoms with Crippen molar-refractivity contribution in [3.8, 4) is 0 Å². The van der Waals surface area contributed by atoms with Gasteiger partial charge in [-0.05, 0) is 25.7 Å². The molecule has 2 unspecified atom stereocenters. The van der Waals surface area contributed by atoms with E-state index in [4.69, 9.17) is 0 Å². The van der Waals surface area contributed by atoms with Gasteiger partial charge in [-0.3, -0.25) is 4.79 Å². The Morgan fingerprint density at radius 1 is 1.29 bits per heavy atom. The zero-order chi connectivity index (χ0) is 13.1. The van der Waals surface area contributed by atoms with Gasteiger partial charge in [-0.25, -0.2) is 0 Å². The zero-order valence-electron chi connectivity index (χ0n) is 11.4. The molecule has 0 saturated carbocycles. The quantitative estimate of drug-likeness (QED) is 0.764. The summed E-state index contributed by atoms with van der Waals surface area (Å²) in [4.78, 5) is 14.2. The molecule has 1 fully saturated rings. The van der Waals surface area contributed by atoms with Crippen LogP contribution in [0, 0.1) is 11.8 Å². The van der Waals surface area contributed by atoms with E-state index in [9.17, 15) is 9.90 Å². The van der Waals surface area contributed by atoms with Gasteiger partial charge in [-0.1, -0.05) is 32.9 Å². The Bertz CT molecular complexity index is 293. The van der Waals surface area contributed by atoms with Gasteiger partial charge in [0, 0.05) is 13.1 Å². The normalized spacial score (nSPS) is 22.1. The molecule has 0 spiro atoms. The van der Waals surface area contributed by atoms with Crippen LogP contribution in [-0.4, -0.2) is 34.6 Å². The number of carbonyl (C=O) groups excluding carboxylic acids is 1.